The molecular weight excluding hydrogens is 757 g/mol. The van der Waals surface area contributed by atoms with E-state index >= 15 is 0 Å². The molecule has 0 atom stereocenters. The number of esters is 2. The van der Waals surface area contributed by atoms with Gasteiger partial charge in [-0.05, 0) is 108 Å². The quantitative estimate of drug-likeness (QED) is 0.195. The van der Waals surface area contributed by atoms with Gasteiger partial charge in [0.2, 0.25) is 11.8 Å². The number of rotatable bonds is 9. The monoisotopic (exact) mass is 784 g/mol. The number of carbonyl (C=O) groups excluding carboxylic acids is 4. The predicted molar refractivity (Wildman–Crippen MR) is 148 cm³/mol. The summed E-state index contributed by atoms with van der Waals surface area (Å²) in [5.41, 5.74) is 0.688. The van der Waals surface area contributed by atoms with E-state index in [1.165, 1.54) is 13.8 Å². The van der Waals surface area contributed by atoms with Crippen molar-refractivity contribution in [2.45, 2.75) is 65.9 Å². The van der Waals surface area contributed by atoms with Gasteiger partial charge in [-0.2, -0.15) is 0 Å². The molecule has 0 fully saturated rings. The standard InChI is InChI=1S/C21H27I3N2O6/c1-11(27)25-18-15(22)14(16(23)19(17(18)24)26-12(2)28)20(30)31-10-8-6-7-9-13(29)32-21(3,4)5/h6-10H2,1-5H3,(H,25,27)(H,26,28). The summed E-state index contributed by atoms with van der Waals surface area (Å²) in [6, 6.07) is 0. The molecule has 0 spiro atoms. The number of halogens is 3. The Morgan fingerprint density at radius 2 is 1.31 bits per heavy atom. The van der Waals surface area contributed by atoms with Gasteiger partial charge in [0.15, 0.2) is 0 Å². The molecule has 0 radical (unpaired) electrons. The topological polar surface area (TPSA) is 111 Å². The second-order valence-electron chi connectivity index (χ2n) is 7.96. The lowest BCUT2D eigenvalue weighted by atomic mass is 10.1. The number of carbonyl (C=O) groups is 4. The van der Waals surface area contributed by atoms with Gasteiger partial charge in [0.05, 0.1) is 34.3 Å². The lowest BCUT2D eigenvalue weighted by Crippen LogP contribution is -2.23. The lowest BCUT2D eigenvalue weighted by Gasteiger charge is -2.19. The van der Waals surface area contributed by atoms with Gasteiger partial charge >= 0.3 is 11.9 Å². The Hall–Kier alpha value is -0.710. The minimum absolute atomic E-state index is 0.191. The van der Waals surface area contributed by atoms with E-state index in [1.807, 2.05) is 88.5 Å². The average Bonchev–Trinajstić information content (AvgIpc) is 2.63. The summed E-state index contributed by atoms with van der Waals surface area (Å²) in [6.07, 6.45) is 2.27. The van der Waals surface area contributed by atoms with Gasteiger partial charge in [0.25, 0.3) is 0 Å². The van der Waals surface area contributed by atoms with Crippen LogP contribution >= 0.6 is 67.8 Å². The van der Waals surface area contributed by atoms with Gasteiger partial charge < -0.3 is 20.1 Å². The van der Waals surface area contributed by atoms with E-state index in [0.29, 0.717) is 47.8 Å². The number of unbranched alkanes of at least 4 members (excludes halogenated alkanes) is 2. The number of nitrogens with one attached hydrogen (secondary N) is 2. The molecule has 1 aromatic carbocycles. The first-order chi connectivity index (χ1) is 14.7. The maximum absolute atomic E-state index is 12.8. The van der Waals surface area contributed by atoms with Crippen LogP contribution in [0.15, 0.2) is 0 Å². The molecule has 2 N–H and O–H groups in total. The van der Waals surface area contributed by atoms with E-state index in [2.05, 4.69) is 10.6 Å². The third kappa shape index (κ3) is 9.65. The normalized spacial score (nSPS) is 11.0. The highest BCUT2D eigenvalue weighted by atomic mass is 127. The summed E-state index contributed by atoms with van der Waals surface area (Å²) in [6.45, 7) is 8.41. The lowest BCUT2D eigenvalue weighted by molar-refractivity contribution is -0.155. The Balaban J connectivity index is 2.84. The summed E-state index contributed by atoms with van der Waals surface area (Å²) >= 11 is 6.01. The molecule has 0 saturated heterocycles. The molecule has 0 aliphatic heterocycles. The first-order valence-corrected chi connectivity index (χ1v) is 13.1. The highest BCUT2D eigenvalue weighted by Crippen LogP contribution is 2.39. The molecule has 0 bridgehead atoms. The van der Waals surface area contributed by atoms with Crippen LogP contribution in [0, 0.1) is 10.7 Å². The zero-order valence-electron chi connectivity index (χ0n) is 18.6. The predicted octanol–water partition coefficient (Wildman–Crippen LogP) is 5.48. The number of ether oxygens (including phenoxy) is 2. The van der Waals surface area contributed by atoms with Gasteiger partial charge in [-0.1, -0.05) is 0 Å². The third-order valence-electron chi connectivity index (χ3n) is 3.80. The van der Waals surface area contributed by atoms with E-state index in [4.69, 9.17) is 9.47 Å². The van der Waals surface area contributed by atoms with Gasteiger partial charge in [-0.25, -0.2) is 4.79 Å². The number of hydrogen-bond acceptors (Lipinski definition) is 6. The van der Waals surface area contributed by atoms with Gasteiger partial charge in [0, 0.05) is 20.3 Å². The molecule has 0 aliphatic carbocycles. The van der Waals surface area contributed by atoms with Gasteiger partial charge in [-0.3, -0.25) is 14.4 Å². The fourth-order valence-electron chi connectivity index (χ4n) is 2.59. The van der Waals surface area contributed by atoms with E-state index < -0.39 is 11.6 Å². The number of amides is 2. The number of hydrogen-bond donors (Lipinski definition) is 2. The fraction of sp³-hybridized carbons (Fsp3) is 0.524. The van der Waals surface area contributed by atoms with Crippen molar-refractivity contribution in [3.8, 4) is 0 Å². The highest BCUT2D eigenvalue weighted by molar-refractivity contribution is 14.1. The molecule has 1 aromatic rings. The minimum Gasteiger partial charge on any atom is -0.462 e. The van der Waals surface area contributed by atoms with Crippen molar-refractivity contribution in [2.24, 2.45) is 0 Å². The molecule has 0 heterocycles. The molecule has 2 amide bonds. The van der Waals surface area contributed by atoms with Crippen LogP contribution in [0.5, 0.6) is 0 Å². The first kappa shape index (κ1) is 29.3. The molecule has 0 unspecified atom stereocenters. The van der Waals surface area contributed by atoms with E-state index in [1.54, 1.807) is 0 Å². The molecular formula is C21H27I3N2O6. The van der Waals surface area contributed by atoms with E-state index in [9.17, 15) is 19.2 Å². The Labute approximate surface area is 229 Å². The maximum Gasteiger partial charge on any atom is 0.340 e. The number of benzene rings is 1. The Bertz CT molecular complexity index is 853. The van der Waals surface area contributed by atoms with E-state index in [-0.39, 0.29) is 30.0 Å². The van der Waals surface area contributed by atoms with Crippen LogP contribution in [-0.2, 0) is 23.9 Å². The van der Waals surface area contributed by atoms with Crippen LogP contribution < -0.4 is 10.6 Å². The Kier molecular flexibility index (Phi) is 12.1. The summed E-state index contributed by atoms with van der Waals surface area (Å²) in [5.74, 6) is -1.37. The molecule has 1 rings (SSSR count). The molecule has 0 aromatic heterocycles. The Morgan fingerprint density at radius 3 is 1.75 bits per heavy atom. The molecule has 178 valence electrons. The van der Waals surface area contributed by atoms with Crippen LogP contribution in [-0.4, -0.2) is 36.0 Å². The van der Waals surface area contributed by atoms with Crippen molar-refractivity contribution in [3.63, 3.8) is 0 Å². The minimum atomic E-state index is -0.541. The largest absolute Gasteiger partial charge is 0.462 e. The second kappa shape index (κ2) is 13.2. The zero-order chi connectivity index (χ0) is 24.6. The summed E-state index contributed by atoms with van der Waals surface area (Å²) in [7, 11) is 0. The molecule has 0 aliphatic rings. The maximum atomic E-state index is 12.8. The van der Waals surface area contributed by atoms with Crippen molar-refractivity contribution >= 4 is 103 Å². The van der Waals surface area contributed by atoms with Crippen LogP contribution in [0.3, 0.4) is 0 Å². The number of anilines is 2. The van der Waals surface area contributed by atoms with Crippen molar-refractivity contribution in [1.82, 2.24) is 0 Å². The van der Waals surface area contributed by atoms with Crippen molar-refractivity contribution < 1.29 is 28.7 Å². The van der Waals surface area contributed by atoms with E-state index in [0.717, 1.165) is 0 Å². The highest BCUT2D eigenvalue weighted by Gasteiger charge is 2.26. The Morgan fingerprint density at radius 1 is 0.812 bits per heavy atom. The van der Waals surface area contributed by atoms with Crippen molar-refractivity contribution in [2.75, 3.05) is 17.2 Å². The molecule has 32 heavy (non-hydrogen) atoms. The zero-order valence-corrected chi connectivity index (χ0v) is 25.1. The van der Waals surface area contributed by atoms with Gasteiger partial charge in [0.1, 0.15) is 5.60 Å². The molecule has 8 nitrogen and oxygen atoms in total. The fourth-order valence-corrected chi connectivity index (χ4v) is 6.74. The smallest absolute Gasteiger partial charge is 0.340 e. The van der Waals surface area contributed by atoms with Crippen molar-refractivity contribution in [3.05, 3.63) is 16.3 Å². The van der Waals surface area contributed by atoms with Crippen LogP contribution in [0.2, 0.25) is 0 Å². The summed E-state index contributed by atoms with van der Waals surface area (Å²) < 4.78 is 12.4. The van der Waals surface area contributed by atoms with Crippen molar-refractivity contribution in [1.29, 1.82) is 0 Å². The van der Waals surface area contributed by atoms with Crippen LogP contribution in [0.1, 0.15) is 70.7 Å². The second-order valence-corrected chi connectivity index (χ2v) is 11.2. The molecule has 11 heteroatoms. The van der Waals surface area contributed by atoms with Crippen LogP contribution in [0.25, 0.3) is 0 Å². The third-order valence-corrected chi connectivity index (χ3v) is 7.04. The summed E-state index contributed by atoms with van der Waals surface area (Å²) in [5, 5.41) is 5.46. The summed E-state index contributed by atoms with van der Waals surface area (Å²) in [4.78, 5) is 47.9. The van der Waals surface area contributed by atoms with Gasteiger partial charge in [-0.15, -0.1) is 0 Å². The SMILES string of the molecule is CC(=O)Nc1c(I)c(NC(C)=O)c(I)c(C(=O)OCCCCCC(=O)OC(C)(C)C)c1I. The molecule has 0 saturated carbocycles. The first-order valence-electron chi connectivity index (χ1n) is 9.89. The van der Waals surface area contributed by atoms with Crippen LogP contribution in [0.4, 0.5) is 11.4 Å². The average molecular weight is 784 g/mol.